The van der Waals surface area contributed by atoms with E-state index in [-0.39, 0.29) is 0 Å². The zero-order chi connectivity index (χ0) is 39.6. The molecular formula is C55H34N2O3. The number of anilines is 3. The van der Waals surface area contributed by atoms with E-state index in [4.69, 9.17) is 18.2 Å². The molecule has 9 aromatic carbocycles. The second kappa shape index (κ2) is 13.8. The molecule has 5 nitrogen and oxygen atoms in total. The van der Waals surface area contributed by atoms with Crippen LogP contribution in [0.25, 0.3) is 99.8 Å². The first kappa shape index (κ1) is 33.9. The third-order valence-corrected chi connectivity index (χ3v) is 11.5. The second-order valence-corrected chi connectivity index (χ2v) is 15.1. The topological polar surface area (TPSA) is 55.6 Å². The summed E-state index contributed by atoms with van der Waals surface area (Å²) in [6.45, 7) is 0. The third-order valence-electron chi connectivity index (χ3n) is 11.5. The van der Waals surface area contributed by atoms with Crippen molar-refractivity contribution >= 4 is 72.0 Å². The molecule has 0 spiro atoms. The Morgan fingerprint density at radius 1 is 0.333 bits per heavy atom. The molecule has 12 aromatic rings. The Labute approximate surface area is 345 Å². The lowest BCUT2D eigenvalue weighted by Gasteiger charge is -2.26. The van der Waals surface area contributed by atoms with Crippen molar-refractivity contribution in [1.82, 2.24) is 4.98 Å². The average Bonchev–Trinajstić information content (AvgIpc) is 4.04. The molecule has 0 unspecified atom stereocenters. The molecule has 0 fully saturated rings. The summed E-state index contributed by atoms with van der Waals surface area (Å²) < 4.78 is 19.0. The van der Waals surface area contributed by atoms with Crippen LogP contribution in [-0.2, 0) is 0 Å². The van der Waals surface area contributed by atoms with Crippen molar-refractivity contribution in [1.29, 1.82) is 0 Å². The molecule has 5 heteroatoms. The maximum atomic E-state index is 6.43. The predicted octanol–water partition coefficient (Wildman–Crippen LogP) is 15.8. The van der Waals surface area contributed by atoms with Gasteiger partial charge in [0.25, 0.3) is 0 Å². The lowest BCUT2D eigenvalue weighted by molar-refractivity contribution is 0.622. The fourth-order valence-corrected chi connectivity index (χ4v) is 8.64. The highest BCUT2D eigenvalue weighted by molar-refractivity contribution is 6.17. The van der Waals surface area contributed by atoms with E-state index in [0.717, 1.165) is 99.9 Å². The van der Waals surface area contributed by atoms with Crippen LogP contribution >= 0.6 is 0 Å². The fourth-order valence-electron chi connectivity index (χ4n) is 8.64. The molecule has 0 amide bonds. The van der Waals surface area contributed by atoms with E-state index in [1.165, 1.54) is 11.1 Å². The van der Waals surface area contributed by atoms with Gasteiger partial charge in [-0.25, -0.2) is 4.98 Å². The summed E-state index contributed by atoms with van der Waals surface area (Å²) in [4.78, 5) is 7.15. The van der Waals surface area contributed by atoms with Crippen LogP contribution in [0.1, 0.15) is 0 Å². The molecule has 12 rings (SSSR count). The van der Waals surface area contributed by atoms with Crippen molar-refractivity contribution in [2.75, 3.05) is 4.90 Å². The van der Waals surface area contributed by atoms with E-state index in [0.29, 0.717) is 5.89 Å². The number of oxazole rings is 1. The molecule has 0 saturated heterocycles. The van der Waals surface area contributed by atoms with Gasteiger partial charge in [-0.05, 0) is 118 Å². The highest BCUT2D eigenvalue weighted by Crippen LogP contribution is 2.43. The Balaban J connectivity index is 0.956. The Hall–Kier alpha value is -8.15. The van der Waals surface area contributed by atoms with E-state index < -0.39 is 0 Å². The van der Waals surface area contributed by atoms with Gasteiger partial charge in [-0.2, -0.15) is 0 Å². The van der Waals surface area contributed by atoms with Crippen molar-refractivity contribution < 1.29 is 13.3 Å². The maximum Gasteiger partial charge on any atom is 0.227 e. The molecule has 282 valence electrons. The highest BCUT2D eigenvalue weighted by Gasteiger charge is 2.19. The first-order valence-electron chi connectivity index (χ1n) is 20.1. The van der Waals surface area contributed by atoms with E-state index in [1.54, 1.807) is 0 Å². The summed E-state index contributed by atoms with van der Waals surface area (Å²) >= 11 is 0. The fraction of sp³-hybridized carbons (Fsp3) is 0. The number of aromatic nitrogens is 1. The van der Waals surface area contributed by atoms with Crippen LogP contribution in [0.2, 0.25) is 0 Å². The van der Waals surface area contributed by atoms with Crippen LogP contribution in [-0.4, -0.2) is 4.98 Å². The van der Waals surface area contributed by atoms with Crippen LogP contribution < -0.4 is 4.90 Å². The van der Waals surface area contributed by atoms with Crippen molar-refractivity contribution in [3.8, 4) is 44.8 Å². The summed E-state index contributed by atoms with van der Waals surface area (Å²) in [5.74, 6) is 0.594. The lowest BCUT2D eigenvalue weighted by atomic mass is 9.98. The zero-order valence-corrected chi connectivity index (χ0v) is 32.2. The number of benzene rings is 9. The molecule has 0 saturated carbocycles. The zero-order valence-electron chi connectivity index (χ0n) is 32.2. The van der Waals surface area contributed by atoms with Crippen molar-refractivity contribution in [3.63, 3.8) is 0 Å². The first-order chi connectivity index (χ1) is 29.7. The molecule has 0 aliphatic rings. The number of rotatable bonds is 7. The van der Waals surface area contributed by atoms with Gasteiger partial charge in [-0.15, -0.1) is 0 Å². The summed E-state index contributed by atoms with van der Waals surface area (Å²) in [6.07, 6.45) is 0. The standard InChI is InChI=1S/C55H34N2O3/c1-3-11-35(12-4-1)36-21-26-41(27-22-36)57(43-16-9-15-40(33-43)44-18-10-20-50-52(44)45-17-7-8-19-48(45)58-50)42-28-23-37(24-29-42)39-25-31-49-46(34-39)53-51(59-49)32-30-47-54(53)60-55(56-47)38-13-5-2-6-14-38/h1-34H. The summed E-state index contributed by atoms with van der Waals surface area (Å²) in [6, 6.07) is 71.8. The van der Waals surface area contributed by atoms with E-state index in [1.807, 2.05) is 60.7 Å². The van der Waals surface area contributed by atoms with Gasteiger partial charge in [0, 0.05) is 38.8 Å². The molecule has 0 radical (unpaired) electrons. The monoisotopic (exact) mass is 770 g/mol. The van der Waals surface area contributed by atoms with E-state index in [2.05, 4.69) is 150 Å². The quantitative estimate of drug-likeness (QED) is 0.162. The first-order valence-corrected chi connectivity index (χ1v) is 20.1. The van der Waals surface area contributed by atoms with Crippen LogP contribution in [0.5, 0.6) is 0 Å². The number of para-hydroxylation sites is 1. The molecular weight excluding hydrogens is 737 g/mol. The van der Waals surface area contributed by atoms with Gasteiger partial charge >= 0.3 is 0 Å². The minimum Gasteiger partial charge on any atom is -0.456 e. The molecule has 0 bridgehead atoms. The molecule has 0 aliphatic heterocycles. The van der Waals surface area contributed by atoms with Crippen LogP contribution in [0.3, 0.4) is 0 Å². The largest absolute Gasteiger partial charge is 0.456 e. The van der Waals surface area contributed by atoms with Crippen molar-refractivity contribution in [2.24, 2.45) is 0 Å². The molecule has 0 atom stereocenters. The number of furan rings is 2. The number of hydrogen-bond donors (Lipinski definition) is 0. The Morgan fingerprint density at radius 3 is 1.67 bits per heavy atom. The van der Waals surface area contributed by atoms with Crippen LogP contribution in [0, 0.1) is 0 Å². The Bertz CT molecular complexity index is 3530. The highest BCUT2D eigenvalue weighted by atomic mass is 16.4. The molecule has 0 N–H and O–H groups in total. The van der Waals surface area contributed by atoms with Crippen LogP contribution in [0.15, 0.2) is 220 Å². The Kier molecular flexibility index (Phi) is 7.78. The lowest BCUT2D eigenvalue weighted by Crippen LogP contribution is -2.10. The number of hydrogen-bond acceptors (Lipinski definition) is 5. The second-order valence-electron chi connectivity index (χ2n) is 15.1. The predicted molar refractivity (Wildman–Crippen MR) is 245 cm³/mol. The maximum absolute atomic E-state index is 6.43. The summed E-state index contributed by atoms with van der Waals surface area (Å²) in [7, 11) is 0. The molecule has 0 aliphatic carbocycles. The summed E-state index contributed by atoms with van der Waals surface area (Å²) in [5, 5.41) is 4.16. The van der Waals surface area contributed by atoms with Gasteiger partial charge in [-0.3, -0.25) is 0 Å². The molecule has 60 heavy (non-hydrogen) atoms. The van der Waals surface area contributed by atoms with Gasteiger partial charge in [0.05, 0.1) is 5.39 Å². The van der Waals surface area contributed by atoms with Gasteiger partial charge < -0.3 is 18.2 Å². The van der Waals surface area contributed by atoms with E-state index in [9.17, 15) is 0 Å². The minimum absolute atomic E-state index is 0.594. The average molecular weight is 771 g/mol. The Morgan fingerprint density at radius 2 is 0.900 bits per heavy atom. The summed E-state index contributed by atoms with van der Waals surface area (Å²) in [5.41, 5.74) is 15.7. The van der Waals surface area contributed by atoms with Gasteiger partial charge in [0.15, 0.2) is 5.58 Å². The van der Waals surface area contributed by atoms with E-state index >= 15 is 0 Å². The minimum atomic E-state index is 0.594. The normalized spacial score (nSPS) is 11.7. The van der Waals surface area contributed by atoms with Gasteiger partial charge in [0.2, 0.25) is 5.89 Å². The smallest absolute Gasteiger partial charge is 0.227 e. The number of nitrogens with zero attached hydrogens (tertiary/aromatic N) is 2. The molecule has 3 aromatic heterocycles. The van der Waals surface area contributed by atoms with Crippen LogP contribution in [0.4, 0.5) is 17.1 Å². The van der Waals surface area contributed by atoms with Crippen molar-refractivity contribution in [3.05, 3.63) is 206 Å². The molecule has 3 heterocycles. The SMILES string of the molecule is c1ccc(-c2ccc(N(c3ccc(-c4ccc5oc6ccc7nc(-c8ccccc8)oc7c6c5c4)cc3)c3cccc(-c4cccc5oc6ccccc6c45)c3)cc2)cc1. The van der Waals surface area contributed by atoms with Crippen molar-refractivity contribution in [2.45, 2.75) is 0 Å². The van der Waals surface area contributed by atoms with Gasteiger partial charge in [-0.1, -0.05) is 121 Å². The van der Waals surface area contributed by atoms with Gasteiger partial charge in [0.1, 0.15) is 27.8 Å². The third kappa shape index (κ3) is 5.67. The number of fused-ring (bicyclic) bond motifs is 8.